The van der Waals surface area contributed by atoms with Gasteiger partial charge in [0, 0.05) is 43.3 Å². The number of hydrogen-bond acceptors (Lipinski definition) is 4. The number of nitro benzene ring substituents is 1. The molecule has 5 nitrogen and oxygen atoms in total. The van der Waals surface area contributed by atoms with Gasteiger partial charge in [0.1, 0.15) is 5.56 Å². The van der Waals surface area contributed by atoms with E-state index in [0.717, 1.165) is 31.6 Å². The molecule has 134 valence electrons. The van der Waals surface area contributed by atoms with Crippen LogP contribution < -0.4 is 4.90 Å². The third-order valence-corrected chi connectivity index (χ3v) is 4.50. The molecular formula is C16H22F3N3O2. The second kappa shape index (κ2) is 6.58. The van der Waals surface area contributed by atoms with Crippen molar-refractivity contribution in [1.29, 1.82) is 0 Å². The number of likely N-dealkylation sites (tertiary alicyclic amines) is 1. The zero-order chi connectivity index (χ0) is 18.1. The third-order valence-electron chi connectivity index (χ3n) is 4.50. The first-order chi connectivity index (χ1) is 11.2. The maximum atomic E-state index is 13.0. The van der Waals surface area contributed by atoms with Crippen molar-refractivity contribution in [2.24, 2.45) is 5.41 Å². The average molecular weight is 345 g/mol. The largest absolute Gasteiger partial charge is 0.423 e. The van der Waals surface area contributed by atoms with E-state index in [1.807, 2.05) is 25.8 Å². The van der Waals surface area contributed by atoms with Crippen LogP contribution in [0.5, 0.6) is 0 Å². The molecule has 1 aromatic carbocycles. The summed E-state index contributed by atoms with van der Waals surface area (Å²) in [6, 6.07) is 3.27. The van der Waals surface area contributed by atoms with Crippen molar-refractivity contribution in [3.63, 3.8) is 0 Å². The molecule has 24 heavy (non-hydrogen) atoms. The molecule has 0 atom stereocenters. The zero-order valence-corrected chi connectivity index (χ0v) is 14.1. The van der Waals surface area contributed by atoms with Gasteiger partial charge < -0.3 is 9.80 Å². The number of anilines is 1. The highest BCUT2D eigenvalue weighted by atomic mass is 19.4. The van der Waals surface area contributed by atoms with Crippen molar-refractivity contribution >= 4 is 11.4 Å². The van der Waals surface area contributed by atoms with Crippen LogP contribution in [0.2, 0.25) is 0 Å². The molecule has 2 aliphatic heterocycles. The first-order valence-corrected chi connectivity index (χ1v) is 7.99. The number of halogens is 3. The molecule has 3 rings (SSSR count). The molecule has 2 aliphatic rings. The monoisotopic (exact) mass is 345 g/mol. The Kier molecular flexibility index (Phi) is 5.08. The highest BCUT2D eigenvalue weighted by Crippen LogP contribution is 2.43. The van der Waals surface area contributed by atoms with Gasteiger partial charge in [-0.2, -0.15) is 13.2 Å². The van der Waals surface area contributed by atoms with Crippen molar-refractivity contribution < 1.29 is 18.1 Å². The first-order valence-electron chi connectivity index (χ1n) is 7.99. The van der Waals surface area contributed by atoms with E-state index in [-0.39, 0.29) is 5.41 Å². The molecule has 1 spiro atoms. The van der Waals surface area contributed by atoms with Crippen LogP contribution in [0.4, 0.5) is 24.5 Å². The molecule has 0 aromatic heterocycles. The van der Waals surface area contributed by atoms with Gasteiger partial charge in [-0.25, -0.2) is 0 Å². The Bertz CT molecular complexity index is 613. The standard InChI is InChI=1S/C14H16F3N3O2.C2H6/c1-18-7-13(8-18)4-5-19(9-13)10-2-3-12(20(21)22)11(6-10)14(15,16)17;1-2/h2-3,6H,4-5,7-9H2,1H3;1-2H3. The van der Waals surface area contributed by atoms with Crippen LogP contribution in [0.15, 0.2) is 18.2 Å². The van der Waals surface area contributed by atoms with E-state index in [1.54, 1.807) is 0 Å². The maximum absolute atomic E-state index is 13.0. The van der Waals surface area contributed by atoms with Gasteiger partial charge in [-0.3, -0.25) is 10.1 Å². The summed E-state index contributed by atoms with van der Waals surface area (Å²) in [5.74, 6) is 0. The lowest BCUT2D eigenvalue weighted by molar-refractivity contribution is -0.388. The van der Waals surface area contributed by atoms with Crippen LogP contribution >= 0.6 is 0 Å². The van der Waals surface area contributed by atoms with Gasteiger partial charge in [-0.05, 0) is 25.6 Å². The number of nitro groups is 1. The van der Waals surface area contributed by atoms with E-state index in [2.05, 4.69) is 4.90 Å². The van der Waals surface area contributed by atoms with Crippen molar-refractivity contribution in [2.45, 2.75) is 26.4 Å². The van der Waals surface area contributed by atoms with Gasteiger partial charge in [-0.15, -0.1) is 0 Å². The van der Waals surface area contributed by atoms with Crippen molar-refractivity contribution in [3.8, 4) is 0 Å². The third kappa shape index (κ3) is 3.48. The van der Waals surface area contributed by atoms with Gasteiger partial charge >= 0.3 is 6.18 Å². The van der Waals surface area contributed by atoms with Crippen LogP contribution in [0.25, 0.3) is 0 Å². The molecule has 2 heterocycles. The predicted molar refractivity (Wildman–Crippen MR) is 86.2 cm³/mol. The highest BCUT2D eigenvalue weighted by molar-refractivity contribution is 5.57. The Labute approximate surface area is 139 Å². The Morgan fingerprint density at radius 2 is 1.83 bits per heavy atom. The van der Waals surface area contributed by atoms with Crippen LogP contribution in [0.3, 0.4) is 0 Å². The van der Waals surface area contributed by atoms with Crippen LogP contribution in [-0.4, -0.2) is 43.0 Å². The fourth-order valence-corrected chi connectivity index (χ4v) is 3.62. The lowest BCUT2D eigenvalue weighted by Crippen LogP contribution is -2.55. The van der Waals surface area contributed by atoms with E-state index in [9.17, 15) is 23.3 Å². The highest BCUT2D eigenvalue weighted by Gasteiger charge is 2.46. The normalized spacial score (nSPS) is 19.7. The van der Waals surface area contributed by atoms with E-state index in [0.29, 0.717) is 18.8 Å². The van der Waals surface area contributed by atoms with Gasteiger partial charge in [0.15, 0.2) is 0 Å². The second-order valence-corrected chi connectivity index (χ2v) is 6.30. The predicted octanol–water partition coefficient (Wildman–Crippen LogP) is 3.78. The minimum absolute atomic E-state index is 0.162. The second-order valence-electron chi connectivity index (χ2n) is 6.30. The molecular weight excluding hydrogens is 323 g/mol. The van der Waals surface area contributed by atoms with Gasteiger partial charge in [-0.1, -0.05) is 13.8 Å². The van der Waals surface area contributed by atoms with Gasteiger partial charge in [0.05, 0.1) is 4.92 Å². The molecule has 1 aromatic rings. The Morgan fingerprint density at radius 1 is 1.21 bits per heavy atom. The number of alkyl halides is 3. The van der Waals surface area contributed by atoms with Gasteiger partial charge in [0.25, 0.3) is 5.69 Å². The van der Waals surface area contributed by atoms with E-state index >= 15 is 0 Å². The van der Waals surface area contributed by atoms with E-state index in [4.69, 9.17) is 0 Å². The molecule has 0 unspecified atom stereocenters. The molecule has 0 radical (unpaired) electrons. The number of rotatable bonds is 2. The summed E-state index contributed by atoms with van der Waals surface area (Å²) in [6.45, 7) is 7.28. The Hall–Kier alpha value is -1.83. The molecule has 0 N–H and O–H groups in total. The number of hydrogen-bond donors (Lipinski definition) is 0. The lowest BCUT2D eigenvalue weighted by atomic mass is 9.79. The fourth-order valence-electron chi connectivity index (χ4n) is 3.62. The molecule has 0 aliphatic carbocycles. The SMILES string of the molecule is CC.CN1CC2(CCN(c3ccc([N+](=O)[O-])c(C(F)(F)F)c3)C2)C1. The molecule has 2 saturated heterocycles. The molecule has 0 amide bonds. The first kappa shape index (κ1) is 18.5. The summed E-state index contributed by atoms with van der Waals surface area (Å²) in [6.07, 6.45) is -3.79. The molecule has 0 saturated carbocycles. The minimum atomic E-state index is -4.73. The van der Waals surface area contributed by atoms with Crippen molar-refractivity contribution in [3.05, 3.63) is 33.9 Å². The maximum Gasteiger partial charge on any atom is 0.423 e. The van der Waals surface area contributed by atoms with Crippen LogP contribution in [0.1, 0.15) is 25.8 Å². The van der Waals surface area contributed by atoms with E-state index in [1.165, 1.54) is 6.07 Å². The number of nitrogens with zero attached hydrogens (tertiary/aromatic N) is 3. The summed E-state index contributed by atoms with van der Waals surface area (Å²) < 4.78 is 39.1. The Morgan fingerprint density at radius 3 is 2.33 bits per heavy atom. The van der Waals surface area contributed by atoms with Crippen LogP contribution in [0, 0.1) is 15.5 Å². The lowest BCUT2D eigenvalue weighted by Gasteiger charge is -2.46. The molecule has 2 fully saturated rings. The Balaban J connectivity index is 0.00000100. The summed E-state index contributed by atoms with van der Waals surface area (Å²) in [7, 11) is 2.02. The topological polar surface area (TPSA) is 49.6 Å². The summed E-state index contributed by atoms with van der Waals surface area (Å²) in [5.41, 5.74) is -1.51. The summed E-state index contributed by atoms with van der Waals surface area (Å²) in [4.78, 5) is 13.9. The van der Waals surface area contributed by atoms with Crippen molar-refractivity contribution in [2.75, 3.05) is 38.1 Å². The number of benzene rings is 1. The fraction of sp³-hybridized carbons (Fsp3) is 0.625. The average Bonchev–Trinajstić information content (AvgIpc) is 2.92. The van der Waals surface area contributed by atoms with Gasteiger partial charge in [0.2, 0.25) is 0 Å². The minimum Gasteiger partial charge on any atom is -0.371 e. The van der Waals surface area contributed by atoms with Crippen molar-refractivity contribution in [1.82, 2.24) is 4.90 Å². The molecule has 0 bridgehead atoms. The van der Waals surface area contributed by atoms with Crippen LogP contribution in [-0.2, 0) is 6.18 Å². The zero-order valence-electron chi connectivity index (χ0n) is 14.1. The van der Waals surface area contributed by atoms with E-state index < -0.39 is 22.4 Å². The summed E-state index contributed by atoms with van der Waals surface area (Å²) >= 11 is 0. The molecule has 8 heteroatoms. The smallest absolute Gasteiger partial charge is 0.371 e. The summed E-state index contributed by atoms with van der Waals surface area (Å²) in [5, 5.41) is 10.8. The quantitative estimate of drug-likeness (QED) is 0.605.